The first-order valence-corrected chi connectivity index (χ1v) is 20.1. The van der Waals surface area contributed by atoms with E-state index >= 15 is 0 Å². The molecule has 0 saturated heterocycles. The number of hydrogen-bond acceptors (Lipinski definition) is 0. The molecule has 0 radical (unpaired) electrons. The van der Waals surface area contributed by atoms with Crippen LogP contribution in [0.2, 0.25) is 0 Å². The highest BCUT2D eigenvalue weighted by atomic mass is 14.4. The maximum Gasteiger partial charge on any atom is 0.0365 e. The molecule has 0 bridgehead atoms. The fraction of sp³-hybridized carbons (Fsp3) is 0.0909. The third-order valence-corrected chi connectivity index (χ3v) is 14.6. The van der Waals surface area contributed by atoms with Crippen LogP contribution in [0.3, 0.4) is 0 Å². The van der Waals surface area contributed by atoms with E-state index in [1.54, 1.807) is 0 Å². The van der Waals surface area contributed by atoms with Gasteiger partial charge in [0.15, 0.2) is 0 Å². The lowest BCUT2D eigenvalue weighted by atomic mass is 9.65. The van der Waals surface area contributed by atoms with Crippen molar-refractivity contribution in [3.05, 3.63) is 201 Å². The predicted octanol–water partition coefficient (Wildman–Crippen LogP) is 13.4. The summed E-state index contributed by atoms with van der Waals surface area (Å²) >= 11 is 0. The monoisotopic (exact) mass is 692 g/mol. The molecule has 0 amide bonds. The summed E-state index contributed by atoms with van der Waals surface area (Å²) in [7, 11) is 0. The van der Waals surface area contributed by atoms with Gasteiger partial charge in [0, 0.05) is 5.92 Å². The molecule has 15 rings (SSSR count). The van der Waals surface area contributed by atoms with E-state index in [0.29, 0.717) is 0 Å². The van der Waals surface area contributed by atoms with Gasteiger partial charge in [-0.3, -0.25) is 0 Å². The quantitative estimate of drug-likeness (QED) is 0.148. The second-order valence-corrected chi connectivity index (χ2v) is 16.9. The van der Waals surface area contributed by atoms with Crippen molar-refractivity contribution in [1.82, 2.24) is 0 Å². The topological polar surface area (TPSA) is 0 Å². The molecule has 0 spiro atoms. The van der Waals surface area contributed by atoms with Crippen molar-refractivity contribution in [1.29, 1.82) is 0 Å². The minimum atomic E-state index is 0.149. The third kappa shape index (κ3) is 3.19. The van der Waals surface area contributed by atoms with Crippen LogP contribution in [0.25, 0.3) is 88.3 Å². The van der Waals surface area contributed by atoms with Crippen LogP contribution in [0.5, 0.6) is 0 Å². The molecule has 0 nitrogen and oxygen atoms in total. The van der Waals surface area contributed by atoms with Gasteiger partial charge < -0.3 is 0 Å². The molecule has 0 aliphatic heterocycles. The Labute approximate surface area is 319 Å². The summed E-state index contributed by atoms with van der Waals surface area (Å²) in [6, 6.07) is 54.5. The Kier molecular flexibility index (Phi) is 4.79. The van der Waals surface area contributed by atoms with Gasteiger partial charge in [0.1, 0.15) is 0 Å². The van der Waals surface area contributed by atoms with Crippen molar-refractivity contribution in [3.8, 4) is 66.8 Å². The van der Waals surface area contributed by atoms with Crippen LogP contribution in [0.15, 0.2) is 140 Å². The molecule has 0 saturated carbocycles. The van der Waals surface area contributed by atoms with Gasteiger partial charge in [-0.2, -0.15) is 0 Å². The Morgan fingerprint density at radius 3 is 0.982 bits per heavy atom. The lowest BCUT2D eigenvalue weighted by Gasteiger charge is -2.38. The van der Waals surface area contributed by atoms with E-state index in [-0.39, 0.29) is 5.92 Å². The minimum Gasteiger partial charge on any atom is -0.0619 e. The molecule has 252 valence electrons. The average Bonchev–Trinajstić information content (AvgIpc) is 4.00. The molecular weight excluding hydrogens is 661 g/mol. The van der Waals surface area contributed by atoms with Crippen molar-refractivity contribution in [2.24, 2.45) is 0 Å². The van der Waals surface area contributed by atoms with Gasteiger partial charge >= 0.3 is 0 Å². The van der Waals surface area contributed by atoms with Gasteiger partial charge in [-0.15, -0.1) is 0 Å². The highest BCUT2D eigenvalue weighted by Crippen LogP contribution is 2.63. The summed E-state index contributed by atoms with van der Waals surface area (Å²) in [6.45, 7) is 0. The summed E-state index contributed by atoms with van der Waals surface area (Å²) in [4.78, 5) is 0. The Balaban J connectivity index is 1.14. The molecule has 9 aromatic carbocycles. The van der Waals surface area contributed by atoms with Gasteiger partial charge in [0.25, 0.3) is 0 Å². The summed E-state index contributed by atoms with van der Waals surface area (Å²) < 4.78 is 0. The van der Waals surface area contributed by atoms with Gasteiger partial charge in [0.2, 0.25) is 0 Å². The first-order valence-electron chi connectivity index (χ1n) is 20.1. The second kappa shape index (κ2) is 9.41. The van der Waals surface area contributed by atoms with Crippen LogP contribution in [-0.4, -0.2) is 0 Å². The smallest absolute Gasteiger partial charge is 0.0365 e. The van der Waals surface area contributed by atoms with E-state index < -0.39 is 0 Å². The molecule has 6 aliphatic rings. The summed E-state index contributed by atoms with van der Waals surface area (Å²) in [5, 5.41) is 6.06. The SMILES string of the molecule is c1ccc2c(c1)Cc1c-2cc2c3c(cc4c(c13)Cc1ccccc1-4)C1c3c-2cccc3-c2cc3c(c4c5c(cc1c24)-c1ccccc1C5)Cc1ccccc1-3. The number of fused-ring (bicyclic) bond motifs is 20. The zero-order chi connectivity index (χ0) is 35.3. The minimum absolute atomic E-state index is 0.149. The molecule has 0 heterocycles. The zero-order valence-corrected chi connectivity index (χ0v) is 30.2. The average molecular weight is 693 g/mol. The highest BCUT2D eigenvalue weighted by molar-refractivity contribution is 6.18. The van der Waals surface area contributed by atoms with Crippen molar-refractivity contribution in [2.45, 2.75) is 31.6 Å². The zero-order valence-electron chi connectivity index (χ0n) is 30.2. The molecule has 0 heteroatoms. The second-order valence-electron chi connectivity index (χ2n) is 16.9. The van der Waals surface area contributed by atoms with Crippen LogP contribution in [0, 0.1) is 0 Å². The number of rotatable bonds is 0. The molecule has 0 atom stereocenters. The molecule has 0 fully saturated rings. The predicted molar refractivity (Wildman–Crippen MR) is 226 cm³/mol. The fourth-order valence-electron chi connectivity index (χ4n) is 12.5. The van der Waals surface area contributed by atoms with E-state index in [0.717, 1.165) is 25.7 Å². The first kappa shape index (κ1) is 28.0. The molecule has 0 aromatic heterocycles. The lowest BCUT2D eigenvalue weighted by molar-refractivity contribution is 0.987. The van der Waals surface area contributed by atoms with Crippen LogP contribution in [0.1, 0.15) is 67.1 Å². The third-order valence-electron chi connectivity index (χ3n) is 14.6. The van der Waals surface area contributed by atoms with Gasteiger partial charge in [0.05, 0.1) is 0 Å². The normalized spacial score (nSPS) is 14.9. The Hall–Kier alpha value is -6.50. The number of hydrogen-bond donors (Lipinski definition) is 0. The van der Waals surface area contributed by atoms with Crippen molar-refractivity contribution < 1.29 is 0 Å². The fourth-order valence-corrected chi connectivity index (χ4v) is 12.5. The summed E-state index contributed by atoms with van der Waals surface area (Å²) in [5.74, 6) is 0.149. The van der Waals surface area contributed by atoms with E-state index in [1.165, 1.54) is 150 Å². The molecule has 0 unspecified atom stereocenters. The Morgan fingerprint density at radius 1 is 0.273 bits per heavy atom. The van der Waals surface area contributed by atoms with E-state index in [9.17, 15) is 0 Å². The Bertz CT molecular complexity index is 3130. The van der Waals surface area contributed by atoms with E-state index in [2.05, 4.69) is 140 Å². The molecular formula is C55H32. The van der Waals surface area contributed by atoms with Crippen molar-refractivity contribution in [2.75, 3.05) is 0 Å². The van der Waals surface area contributed by atoms with Crippen molar-refractivity contribution in [3.63, 3.8) is 0 Å². The lowest BCUT2D eigenvalue weighted by Crippen LogP contribution is -2.17. The van der Waals surface area contributed by atoms with Crippen LogP contribution in [0.4, 0.5) is 0 Å². The molecule has 55 heavy (non-hydrogen) atoms. The van der Waals surface area contributed by atoms with Crippen LogP contribution >= 0.6 is 0 Å². The van der Waals surface area contributed by atoms with Gasteiger partial charge in [-0.05, 0) is 199 Å². The maximum absolute atomic E-state index is 2.66. The van der Waals surface area contributed by atoms with Crippen LogP contribution in [-0.2, 0) is 25.7 Å². The Morgan fingerprint density at radius 2 is 0.600 bits per heavy atom. The van der Waals surface area contributed by atoms with Gasteiger partial charge in [-0.25, -0.2) is 0 Å². The molecule has 0 N–H and O–H groups in total. The summed E-state index contributed by atoms with van der Waals surface area (Å²) in [5.41, 5.74) is 33.6. The number of benzene rings is 9. The summed E-state index contributed by atoms with van der Waals surface area (Å²) in [6.07, 6.45) is 4.01. The largest absolute Gasteiger partial charge is 0.0619 e. The standard InChI is InChI=1S/C55H32/c1-5-14-32-28(10-1)20-42-38(32)24-46-36-18-9-19-37-47-25-39-33-15-6-2-11-29(33)21-43(39)52-45-23-31-13-4-8-17-35(31)41(45)27-49(54(47)52)55(50(36)37)48-26-40-34-16-7-3-12-30(34)22-44(40)51(42)53(46)48/h1-19,24-27,55H,20-23H2. The maximum atomic E-state index is 2.66. The van der Waals surface area contributed by atoms with E-state index in [4.69, 9.17) is 0 Å². The van der Waals surface area contributed by atoms with E-state index in [1.807, 2.05) is 0 Å². The molecule has 6 aliphatic carbocycles. The van der Waals surface area contributed by atoms with Gasteiger partial charge in [-0.1, -0.05) is 115 Å². The highest BCUT2D eigenvalue weighted by Gasteiger charge is 2.42. The molecule has 9 aromatic rings. The first-order chi connectivity index (χ1) is 27.3. The van der Waals surface area contributed by atoms with Crippen LogP contribution < -0.4 is 0 Å². The van der Waals surface area contributed by atoms with Crippen molar-refractivity contribution >= 4 is 21.5 Å².